The second kappa shape index (κ2) is 5.94. The summed E-state index contributed by atoms with van der Waals surface area (Å²) >= 11 is 0. The van der Waals surface area contributed by atoms with Gasteiger partial charge in [-0.25, -0.2) is 4.39 Å². The van der Waals surface area contributed by atoms with Gasteiger partial charge in [-0.2, -0.15) is 5.26 Å². The maximum absolute atomic E-state index is 13.1. The number of hydrogen-bond donors (Lipinski definition) is 1. The molecule has 1 saturated carbocycles. The largest absolute Gasteiger partial charge is 0.372 e. The molecule has 0 aliphatic heterocycles. The molecule has 0 bridgehead atoms. The van der Waals surface area contributed by atoms with E-state index in [1.807, 2.05) is 6.07 Å². The Bertz CT molecular complexity index is 456. The molecule has 4 heteroatoms. The zero-order chi connectivity index (χ0) is 13.0. The molecule has 1 aromatic carbocycles. The van der Waals surface area contributed by atoms with Crippen LogP contribution in [-0.2, 0) is 11.3 Å². The van der Waals surface area contributed by atoms with Gasteiger partial charge in [-0.05, 0) is 30.5 Å². The lowest BCUT2D eigenvalue weighted by Gasteiger charge is -2.28. The fourth-order valence-corrected chi connectivity index (χ4v) is 2.28. The lowest BCUT2D eigenvalue weighted by molar-refractivity contribution is 0.00402. The first-order valence-electron chi connectivity index (χ1n) is 6.26. The molecule has 3 nitrogen and oxygen atoms in total. The maximum Gasteiger partial charge on any atom is 0.140 e. The number of ether oxygens (including phenoxy) is 1. The summed E-state index contributed by atoms with van der Waals surface area (Å²) in [6.07, 6.45) is 4.36. The number of nitrogens with two attached hydrogens (primary N) is 1. The molecular weight excluding hydrogens is 231 g/mol. The molecule has 0 amide bonds. The first-order valence-corrected chi connectivity index (χ1v) is 6.26. The van der Waals surface area contributed by atoms with E-state index in [1.165, 1.54) is 12.1 Å². The Hall–Kier alpha value is -1.44. The minimum atomic E-state index is -0.490. The molecule has 18 heavy (non-hydrogen) atoms. The maximum atomic E-state index is 13.1. The Morgan fingerprint density at radius 1 is 1.39 bits per heavy atom. The molecule has 2 N–H and O–H groups in total. The van der Waals surface area contributed by atoms with E-state index in [9.17, 15) is 4.39 Å². The highest BCUT2D eigenvalue weighted by molar-refractivity contribution is 5.34. The van der Waals surface area contributed by atoms with Crippen LogP contribution >= 0.6 is 0 Å². The quantitative estimate of drug-likeness (QED) is 0.894. The topological polar surface area (TPSA) is 59.0 Å². The van der Waals surface area contributed by atoms with Crippen LogP contribution in [0.15, 0.2) is 18.2 Å². The van der Waals surface area contributed by atoms with Crippen molar-refractivity contribution < 1.29 is 9.13 Å². The second-order valence-electron chi connectivity index (χ2n) is 4.72. The number of benzene rings is 1. The van der Waals surface area contributed by atoms with Gasteiger partial charge in [0.15, 0.2) is 0 Å². The first-order chi connectivity index (χ1) is 8.70. The summed E-state index contributed by atoms with van der Waals surface area (Å²) in [5.41, 5.74) is 6.86. The van der Waals surface area contributed by atoms with Crippen LogP contribution in [0.2, 0.25) is 0 Å². The van der Waals surface area contributed by atoms with E-state index >= 15 is 0 Å². The molecule has 0 saturated heterocycles. The minimum Gasteiger partial charge on any atom is -0.372 e. The van der Waals surface area contributed by atoms with Gasteiger partial charge in [0, 0.05) is 6.04 Å². The van der Waals surface area contributed by atoms with Crippen LogP contribution in [0, 0.1) is 17.1 Å². The third-order valence-electron chi connectivity index (χ3n) is 3.37. The summed E-state index contributed by atoms with van der Waals surface area (Å²) in [7, 11) is 0. The highest BCUT2D eigenvalue weighted by Crippen LogP contribution is 2.21. The lowest BCUT2D eigenvalue weighted by atomic mass is 9.93. The SMILES string of the molecule is N#Cc1cc(COC2CCCCC2N)ccc1F. The number of halogens is 1. The standard InChI is InChI=1S/C14H17FN2O/c15-12-6-5-10(7-11(12)8-16)9-18-14-4-2-1-3-13(14)17/h5-7,13-14H,1-4,9,17H2. The Kier molecular flexibility index (Phi) is 4.29. The van der Waals surface area contributed by atoms with Crippen LogP contribution in [0.4, 0.5) is 4.39 Å². The first kappa shape index (κ1) is 13.0. The molecule has 1 aliphatic carbocycles. The predicted octanol–water partition coefficient (Wildman–Crippen LogP) is 2.48. The molecule has 1 fully saturated rings. The Labute approximate surface area is 106 Å². The van der Waals surface area contributed by atoms with Crippen molar-refractivity contribution in [2.24, 2.45) is 5.73 Å². The highest BCUT2D eigenvalue weighted by atomic mass is 19.1. The van der Waals surface area contributed by atoms with Gasteiger partial charge >= 0.3 is 0 Å². The van der Waals surface area contributed by atoms with E-state index in [1.54, 1.807) is 6.07 Å². The number of nitrogens with zero attached hydrogens (tertiary/aromatic N) is 1. The molecule has 1 aromatic rings. The van der Waals surface area contributed by atoms with Crippen molar-refractivity contribution in [1.82, 2.24) is 0 Å². The van der Waals surface area contributed by atoms with Crippen molar-refractivity contribution in [2.75, 3.05) is 0 Å². The van der Waals surface area contributed by atoms with Gasteiger partial charge in [0.05, 0.1) is 18.3 Å². The van der Waals surface area contributed by atoms with Crippen molar-refractivity contribution in [3.8, 4) is 6.07 Å². The van der Waals surface area contributed by atoms with Crippen molar-refractivity contribution in [1.29, 1.82) is 5.26 Å². The van der Waals surface area contributed by atoms with E-state index in [2.05, 4.69) is 0 Å². The number of hydrogen-bond acceptors (Lipinski definition) is 3. The van der Waals surface area contributed by atoms with Crippen LogP contribution in [0.1, 0.15) is 36.8 Å². The van der Waals surface area contributed by atoms with Crippen LogP contribution < -0.4 is 5.73 Å². The average Bonchev–Trinajstić information content (AvgIpc) is 2.39. The minimum absolute atomic E-state index is 0.0593. The Balaban J connectivity index is 1.95. The third kappa shape index (κ3) is 3.06. The molecule has 0 heterocycles. The molecule has 1 aliphatic rings. The molecule has 2 unspecified atom stereocenters. The smallest absolute Gasteiger partial charge is 0.140 e. The van der Waals surface area contributed by atoms with Crippen molar-refractivity contribution in [3.05, 3.63) is 35.1 Å². The normalized spacial score (nSPS) is 23.6. The molecule has 2 rings (SSSR count). The van der Waals surface area contributed by atoms with Gasteiger partial charge in [-0.1, -0.05) is 18.9 Å². The zero-order valence-electron chi connectivity index (χ0n) is 10.2. The van der Waals surface area contributed by atoms with Gasteiger partial charge in [-0.3, -0.25) is 0 Å². The van der Waals surface area contributed by atoms with Gasteiger partial charge in [-0.15, -0.1) is 0 Å². The summed E-state index contributed by atoms with van der Waals surface area (Å²) in [5.74, 6) is -0.490. The fourth-order valence-electron chi connectivity index (χ4n) is 2.28. The van der Waals surface area contributed by atoms with E-state index < -0.39 is 5.82 Å². The second-order valence-corrected chi connectivity index (χ2v) is 4.72. The fraction of sp³-hybridized carbons (Fsp3) is 0.500. The van der Waals surface area contributed by atoms with E-state index in [4.69, 9.17) is 15.7 Å². The molecule has 0 spiro atoms. The molecule has 2 atom stereocenters. The summed E-state index contributed by atoms with van der Waals surface area (Å²) in [6.45, 7) is 0.382. The predicted molar refractivity (Wildman–Crippen MR) is 66.1 cm³/mol. The van der Waals surface area contributed by atoms with Crippen molar-refractivity contribution >= 4 is 0 Å². The zero-order valence-corrected chi connectivity index (χ0v) is 10.2. The van der Waals surface area contributed by atoms with E-state index in [0.717, 1.165) is 31.2 Å². The van der Waals surface area contributed by atoms with Gasteiger partial charge in [0.25, 0.3) is 0 Å². The van der Waals surface area contributed by atoms with E-state index in [0.29, 0.717) is 6.61 Å². The summed E-state index contributed by atoms with van der Waals surface area (Å²) in [4.78, 5) is 0. The third-order valence-corrected chi connectivity index (χ3v) is 3.37. The average molecular weight is 248 g/mol. The lowest BCUT2D eigenvalue weighted by Crippen LogP contribution is -2.39. The number of nitriles is 1. The van der Waals surface area contributed by atoms with Gasteiger partial charge in [0.1, 0.15) is 11.9 Å². The monoisotopic (exact) mass is 248 g/mol. The summed E-state index contributed by atoms with van der Waals surface area (Å²) in [5, 5.41) is 8.75. The molecule has 0 radical (unpaired) electrons. The van der Waals surface area contributed by atoms with Crippen molar-refractivity contribution in [3.63, 3.8) is 0 Å². The summed E-state index contributed by atoms with van der Waals surface area (Å²) in [6, 6.07) is 6.40. The van der Waals surface area contributed by atoms with Gasteiger partial charge in [0.2, 0.25) is 0 Å². The van der Waals surface area contributed by atoms with Crippen LogP contribution in [0.3, 0.4) is 0 Å². The summed E-state index contributed by atoms with van der Waals surface area (Å²) < 4.78 is 18.9. The van der Waals surface area contributed by atoms with E-state index in [-0.39, 0.29) is 17.7 Å². The Morgan fingerprint density at radius 3 is 2.89 bits per heavy atom. The number of rotatable bonds is 3. The molecule has 0 aromatic heterocycles. The van der Waals surface area contributed by atoms with Crippen LogP contribution in [0.25, 0.3) is 0 Å². The van der Waals surface area contributed by atoms with Crippen LogP contribution in [0.5, 0.6) is 0 Å². The Morgan fingerprint density at radius 2 is 2.17 bits per heavy atom. The van der Waals surface area contributed by atoms with Gasteiger partial charge < -0.3 is 10.5 Å². The highest BCUT2D eigenvalue weighted by Gasteiger charge is 2.22. The molecule has 96 valence electrons. The van der Waals surface area contributed by atoms with Crippen LogP contribution in [-0.4, -0.2) is 12.1 Å². The van der Waals surface area contributed by atoms with Crippen molar-refractivity contribution in [2.45, 2.75) is 44.4 Å². The molecular formula is C14H17FN2O.